The summed E-state index contributed by atoms with van der Waals surface area (Å²) in [5.74, 6) is 0. The molecule has 1 rings (SSSR count). The van der Waals surface area contributed by atoms with Crippen LogP contribution in [0.15, 0.2) is 6.07 Å². The largest absolute Gasteiger partial charge is 0.389 e. The van der Waals surface area contributed by atoms with Crippen molar-refractivity contribution in [3.63, 3.8) is 0 Å². The number of pyridine rings is 1. The van der Waals surface area contributed by atoms with Crippen molar-refractivity contribution in [2.45, 2.75) is 47.1 Å². The monoisotopic (exact) mass is 208 g/mol. The van der Waals surface area contributed by atoms with E-state index in [1.54, 1.807) is 0 Å². The molecule has 0 aromatic carbocycles. The van der Waals surface area contributed by atoms with Gasteiger partial charge in [0.15, 0.2) is 17.4 Å². The zero-order valence-electron chi connectivity index (χ0n) is 10.5. The average molecular weight is 208 g/mol. The van der Waals surface area contributed by atoms with E-state index >= 15 is 0 Å². The molecular weight excluding hydrogens is 186 g/mol. The smallest absolute Gasteiger partial charge is 0.181 e. The normalized spacial score (nSPS) is 12.9. The maximum atomic E-state index is 9.37. The first-order chi connectivity index (χ1) is 7.02. The number of rotatable bonds is 3. The molecule has 0 spiro atoms. The van der Waals surface area contributed by atoms with Crippen molar-refractivity contribution in [3.05, 3.63) is 28.6 Å². The van der Waals surface area contributed by atoms with Gasteiger partial charge < -0.3 is 5.11 Å². The fourth-order valence-electron chi connectivity index (χ4n) is 2.18. The summed E-state index contributed by atoms with van der Waals surface area (Å²) < 4.78 is 2.25. The predicted molar refractivity (Wildman–Crippen MR) is 62.0 cm³/mol. The van der Waals surface area contributed by atoms with Crippen molar-refractivity contribution < 1.29 is 9.67 Å². The molecule has 0 amide bonds. The lowest BCUT2D eigenvalue weighted by Crippen LogP contribution is -2.47. The minimum Gasteiger partial charge on any atom is -0.389 e. The van der Waals surface area contributed by atoms with E-state index in [0.717, 1.165) is 6.42 Å². The van der Waals surface area contributed by atoms with E-state index < -0.39 is 0 Å². The van der Waals surface area contributed by atoms with Crippen molar-refractivity contribution in [3.8, 4) is 0 Å². The minimum absolute atomic E-state index is 0.212. The summed E-state index contributed by atoms with van der Waals surface area (Å²) in [5, 5.41) is 9.37. The third kappa shape index (κ3) is 2.20. The second-order valence-corrected chi connectivity index (χ2v) is 4.29. The summed E-state index contributed by atoms with van der Waals surface area (Å²) in [4.78, 5) is 0. The second-order valence-electron chi connectivity index (χ2n) is 4.29. The van der Waals surface area contributed by atoms with Gasteiger partial charge in [0.2, 0.25) is 0 Å². The molecule has 15 heavy (non-hydrogen) atoms. The summed E-state index contributed by atoms with van der Waals surface area (Å²) in [7, 11) is 0. The Bertz CT molecular complexity index is 354. The lowest BCUT2D eigenvalue weighted by Gasteiger charge is -2.14. The topological polar surface area (TPSA) is 24.1 Å². The van der Waals surface area contributed by atoms with Crippen LogP contribution in [0.4, 0.5) is 0 Å². The molecular formula is C13H22NO+. The predicted octanol–water partition coefficient (Wildman–Crippen LogP) is 2.15. The van der Waals surface area contributed by atoms with E-state index in [1.807, 2.05) is 0 Å². The molecule has 1 heterocycles. The highest BCUT2D eigenvalue weighted by Gasteiger charge is 2.23. The molecule has 1 atom stereocenters. The van der Waals surface area contributed by atoms with Crippen LogP contribution in [0.5, 0.6) is 0 Å². The molecule has 0 aliphatic carbocycles. The van der Waals surface area contributed by atoms with Crippen LogP contribution >= 0.6 is 0 Å². The van der Waals surface area contributed by atoms with E-state index in [2.05, 4.69) is 45.3 Å². The van der Waals surface area contributed by atoms with E-state index in [-0.39, 0.29) is 12.6 Å². The van der Waals surface area contributed by atoms with Crippen molar-refractivity contribution in [2.24, 2.45) is 0 Å². The quantitative estimate of drug-likeness (QED) is 0.756. The van der Waals surface area contributed by atoms with Gasteiger partial charge in [0, 0.05) is 31.9 Å². The molecule has 0 fully saturated rings. The number of hydrogen-bond acceptors (Lipinski definition) is 1. The van der Waals surface area contributed by atoms with Crippen LogP contribution in [0.2, 0.25) is 0 Å². The van der Waals surface area contributed by atoms with E-state index in [9.17, 15) is 5.11 Å². The Hall–Kier alpha value is -0.890. The SMILES string of the molecule is CC[C@H](CO)[n+]1c(C)cc(C)c(C)c1C. The van der Waals surface area contributed by atoms with Gasteiger partial charge in [0.1, 0.15) is 6.61 Å². The van der Waals surface area contributed by atoms with Gasteiger partial charge in [-0.3, -0.25) is 0 Å². The molecule has 2 nitrogen and oxygen atoms in total. The van der Waals surface area contributed by atoms with Crippen LogP contribution in [0, 0.1) is 27.7 Å². The Labute approximate surface area is 92.6 Å². The van der Waals surface area contributed by atoms with Gasteiger partial charge in [-0.15, -0.1) is 0 Å². The molecule has 0 saturated carbocycles. The van der Waals surface area contributed by atoms with Gasteiger partial charge in [-0.05, 0) is 19.4 Å². The highest BCUT2D eigenvalue weighted by atomic mass is 16.3. The Kier molecular flexibility index (Phi) is 3.86. The molecule has 0 aliphatic heterocycles. The van der Waals surface area contributed by atoms with Crippen LogP contribution < -0.4 is 4.57 Å². The summed E-state index contributed by atoms with van der Waals surface area (Å²) in [6.07, 6.45) is 0.964. The minimum atomic E-state index is 0.212. The zero-order valence-corrected chi connectivity index (χ0v) is 10.5. The molecule has 0 aliphatic rings. The Morgan fingerprint density at radius 2 is 1.87 bits per heavy atom. The Morgan fingerprint density at radius 3 is 2.33 bits per heavy atom. The maximum absolute atomic E-state index is 9.37. The first-order valence-electron chi connectivity index (χ1n) is 5.62. The van der Waals surface area contributed by atoms with Gasteiger partial charge in [-0.25, -0.2) is 0 Å². The third-order valence-corrected chi connectivity index (χ3v) is 3.35. The van der Waals surface area contributed by atoms with Crippen molar-refractivity contribution >= 4 is 0 Å². The van der Waals surface area contributed by atoms with Gasteiger partial charge in [-0.2, -0.15) is 4.57 Å². The Morgan fingerprint density at radius 1 is 1.27 bits per heavy atom. The first kappa shape index (κ1) is 12.2. The van der Waals surface area contributed by atoms with E-state index in [1.165, 1.54) is 22.5 Å². The Balaban J connectivity index is 3.34. The number of nitrogens with zero attached hydrogens (tertiary/aromatic N) is 1. The number of aliphatic hydroxyl groups is 1. The van der Waals surface area contributed by atoms with Gasteiger partial charge in [0.25, 0.3) is 0 Å². The number of aromatic nitrogens is 1. The molecule has 2 heteroatoms. The zero-order chi connectivity index (χ0) is 11.6. The number of aryl methyl sites for hydroxylation is 2. The number of aliphatic hydroxyl groups excluding tert-OH is 1. The molecule has 1 N–H and O–H groups in total. The fraction of sp³-hybridized carbons (Fsp3) is 0.615. The molecule has 0 saturated heterocycles. The van der Waals surface area contributed by atoms with Gasteiger partial charge >= 0.3 is 0 Å². The average Bonchev–Trinajstić information content (AvgIpc) is 2.21. The van der Waals surface area contributed by atoms with Gasteiger partial charge in [0.05, 0.1) is 0 Å². The lowest BCUT2D eigenvalue weighted by molar-refractivity contribution is -0.736. The summed E-state index contributed by atoms with van der Waals surface area (Å²) in [5.41, 5.74) is 5.16. The summed E-state index contributed by atoms with van der Waals surface area (Å²) >= 11 is 0. The van der Waals surface area contributed by atoms with Crippen molar-refractivity contribution in [1.82, 2.24) is 0 Å². The van der Waals surface area contributed by atoms with Crippen molar-refractivity contribution in [1.29, 1.82) is 0 Å². The molecule has 84 valence electrons. The van der Waals surface area contributed by atoms with Crippen LogP contribution in [-0.2, 0) is 0 Å². The molecule has 0 bridgehead atoms. The maximum Gasteiger partial charge on any atom is 0.181 e. The molecule has 1 aromatic rings. The third-order valence-electron chi connectivity index (χ3n) is 3.35. The summed E-state index contributed by atoms with van der Waals surface area (Å²) in [6, 6.07) is 2.41. The van der Waals surface area contributed by atoms with Crippen LogP contribution in [0.1, 0.15) is 41.9 Å². The second kappa shape index (κ2) is 4.75. The first-order valence-corrected chi connectivity index (χ1v) is 5.62. The van der Waals surface area contributed by atoms with Crippen LogP contribution in [0.25, 0.3) is 0 Å². The molecule has 0 radical (unpaired) electrons. The summed E-state index contributed by atoms with van der Waals surface area (Å²) in [6.45, 7) is 10.9. The van der Waals surface area contributed by atoms with Crippen LogP contribution in [0.3, 0.4) is 0 Å². The lowest BCUT2D eigenvalue weighted by atomic mass is 10.1. The standard InChI is InChI=1S/C13H22NO/c1-6-13(8-15)14-10(3)7-9(2)11(4)12(14)5/h7,13,15H,6,8H2,1-5H3/q+1/t13-/m1/s1. The highest BCUT2D eigenvalue weighted by Crippen LogP contribution is 2.13. The highest BCUT2D eigenvalue weighted by molar-refractivity contribution is 5.25. The van der Waals surface area contributed by atoms with Crippen molar-refractivity contribution in [2.75, 3.05) is 6.61 Å². The molecule has 1 aromatic heterocycles. The number of hydrogen-bond donors (Lipinski definition) is 1. The molecule has 0 unspecified atom stereocenters. The van der Waals surface area contributed by atoms with Crippen LogP contribution in [-0.4, -0.2) is 11.7 Å². The fourth-order valence-corrected chi connectivity index (χ4v) is 2.18. The van der Waals surface area contributed by atoms with Gasteiger partial charge in [-0.1, -0.05) is 6.92 Å². The van der Waals surface area contributed by atoms with E-state index in [0.29, 0.717) is 0 Å². The van der Waals surface area contributed by atoms with E-state index in [4.69, 9.17) is 0 Å².